The fraction of sp³-hybridized carbons (Fsp3) is 0.136. The largest absolute Gasteiger partial charge is 0.366 e. The number of pyridine rings is 1. The van der Waals surface area contributed by atoms with Gasteiger partial charge in [0, 0.05) is 30.9 Å². The van der Waals surface area contributed by atoms with Crippen molar-refractivity contribution in [1.29, 1.82) is 0 Å². The van der Waals surface area contributed by atoms with E-state index < -0.39 is 11.8 Å². The quantitative estimate of drug-likeness (QED) is 0.579. The van der Waals surface area contributed by atoms with Crippen molar-refractivity contribution in [1.82, 2.24) is 10.3 Å². The van der Waals surface area contributed by atoms with Crippen molar-refractivity contribution < 1.29 is 9.59 Å². The average molecular weight is 375 g/mol. The first-order valence-corrected chi connectivity index (χ1v) is 9.01. The molecule has 0 atom stereocenters. The molecule has 2 amide bonds. The summed E-state index contributed by atoms with van der Waals surface area (Å²) in [6.45, 7) is 0.325. The molecule has 1 aromatic heterocycles. The highest BCUT2D eigenvalue weighted by molar-refractivity contribution is 6.39. The van der Waals surface area contributed by atoms with Gasteiger partial charge < -0.3 is 15.6 Å². The molecule has 1 heterocycles. The van der Waals surface area contributed by atoms with Crippen molar-refractivity contribution in [2.45, 2.75) is 12.3 Å². The summed E-state index contributed by atoms with van der Waals surface area (Å²) in [5.74, 6) is -1.54. The minimum absolute atomic E-state index is 0.0362. The number of aromatic nitrogens is 1. The maximum absolute atomic E-state index is 12.1. The predicted molar refractivity (Wildman–Crippen MR) is 108 cm³/mol. The summed E-state index contributed by atoms with van der Waals surface area (Å²) in [5, 5.41) is 4.95. The van der Waals surface area contributed by atoms with Gasteiger partial charge in [0.05, 0.1) is 0 Å². The fourth-order valence-electron chi connectivity index (χ4n) is 3.00. The monoisotopic (exact) mass is 375 g/mol. The highest BCUT2D eigenvalue weighted by Crippen LogP contribution is 2.27. The summed E-state index contributed by atoms with van der Waals surface area (Å²) < 4.78 is 0. The molecule has 28 heavy (non-hydrogen) atoms. The van der Waals surface area contributed by atoms with Crippen molar-refractivity contribution in [3.8, 4) is 0 Å². The van der Waals surface area contributed by atoms with Gasteiger partial charge in [0.1, 0.15) is 5.69 Å². The van der Waals surface area contributed by atoms with Crippen molar-refractivity contribution in [2.75, 3.05) is 11.9 Å². The van der Waals surface area contributed by atoms with Gasteiger partial charge in [0.15, 0.2) is 0 Å². The van der Waals surface area contributed by atoms with E-state index in [1.807, 2.05) is 60.7 Å². The number of aromatic amines is 1. The van der Waals surface area contributed by atoms with Crippen LogP contribution in [-0.4, -0.2) is 23.3 Å². The number of hydrogen-bond donors (Lipinski definition) is 3. The number of carbonyl (C=O) groups excluding carboxylic acids is 2. The Morgan fingerprint density at radius 3 is 2.04 bits per heavy atom. The Kier molecular flexibility index (Phi) is 6.36. The van der Waals surface area contributed by atoms with E-state index in [0.717, 1.165) is 11.1 Å². The minimum Gasteiger partial charge on any atom is -0.366 e. The van der Waals surface area contributed by atoms with Crippen LogP contribution in [0.25, 0.3) is 0 Å². The predicted octanol–water partition coefficient (Wildman–Crippen LogP) is 2.65. The molecular weight excluding hydrogens is 354 g/mol. The molecule has 0 aliphatic heterocycles. The lowest BCUT2D eigenvalue weighted by Crippen LogP contribution is -2.37. The number of H-pyrrole nitrogens is 1. The van der Waals surface area contributed by atoms with Crippen LogP contribution >= 0.6 is 0 Å². The SMILES string of the molecule is O=C(NCCC(c1ccccc1)c1ccccc1)C(=O)Nc1c[nH]ccc1=O. The number of carbonyl (C=O) groups is 2. The topological polar surface area (TPSA) is 91.1 Å². The summed E-state index contributed by atoms with van der Waals surface area (Å²) in [6.07, 6.45) is 3.43. The third-order valence-corrected chi connectivity index (χ3v) is 4.40. The summed E-state index contributed by atoms with van der Waals surface area (Å²) >= 11 is 0. The van der Waals surface area contributed by atoms with Crippen LogP contribution in [0.4, 0.5) is 5.69 Å². The fourth-order valence-corrected chi connectivity index (χ4v) is 3.00. The van der Waals surface area contributed by atoms with E-state index in [-0.39, 0.29) is 17.0 Å². The van der Waals surface area contributed by atoms with E-state index in [1.54, 1.807) is 0 Å². The Hall–Kier alpha value is -3.67. The maximum atomic E-state index is 12.1. The molecule has 2 aromatic carbocycles. The smallest absolute Gasteiger partial charge is 0.313 e. The first kappa shape index (κ1) is 19.1. The van der Waals surface area contributed by atoms with E-state index in [2.05, 4.69) is 15.6 Å². The molecule has 0 unspecified atom stereocenters. The Morgan fingerprint density at radius 2 is 1.46 bits per heavy atom. The van der Waals surface area contributed by atoms with Crippen molar-refractivity contribution in [3.63, 3.8) is 0 Å². The van der Waals surface area contributed by atoms with Crippen LogP contribution in [0.1, 0.15) is 23.5 Å². The van der Waals surface area contributed by atoms with Crippen LogP contribution in [0, 0.1) is 0 Å². The zero-order valence-corrected chi connectivity index (χ0v) is 15.2. The number of benzene rings is 2. The van der Waals surface area contributed by atoms with Crippen LogP contribution < -0.4 is 16.1 Å². The minimum atomic E-state index is -0.868. The molecule has 6 heteroatoms. The standard InChI is InChI=1S/C22H21N3O3/c26-20-12-13-23-15-19(20)25-22(28)21(27)24-14-11-18(16-7-3-1-4-8-16)17-9-5-2-6-10-17/h1-10,12-13,15,18H,11,14H2,(H,23,26)(H,24,27)(H,25,28). The molecule has 0 fully saturated rings. The van der Waals surface area contributed by atoms with Crippen molar-refractivity contribution in [3.05, 3.63) is 100 Å². The third-order valence-electron chi connectivity index (χ3n) is 4.40. The average Bonchev–Trinajstić information content (AvgIpc) is 2.74. The zero-order valence-electron chi connectivity index (χ0n) is 15.2. The van der Waals surface area contributed by atoms with E-state index >= 15 is 0 Å². The second-order valence-electron chi connectivity index (χ2n) is 6.29. The highest BCUT2D eigenvalue weighted by atomic mass is 16.2. The molecule has 0 saturated carbocycles. The molecule has 0 aliphatic rings. The molecule has 3 rings (SSSR count). The van der Waals surface area contributed by atoms with Crippen LogP contribution in [-0.2, 0) is 9.59 Å². The lowest BCUT2D eigenvalue weighted by molar-refractivity contribution is -0.136. The van der Waals surface area contributed by atoms with Gasteiger partial charge in [-0.2, -0.15) is 0 Å². The van der Waals surface area contributed by atoms with Crippen LogP contribution in [0.2, 0.25) is 0 Å². The molecule has 0 aliphatic carbocycles. The van der Waals surface area contributed by atoms with Gasteiger partial charge >= 0.3 is 11.8 Å². The van der Waals surface area contributed by atoms with Gasteiger partial charge in [-0.25, -0.2) is 0 Å². The number of amides is 2. The molecule has 3 aromatic rings. The van der Waals surface area contributed by atoms with E-state index in [9.17, 15) is 14.4 Å². The Bertz CT molecular complexity index is 945. The molecule has 3 N–H and O–H groups in total. The molecule has 0 saturated heterocycles. The van der Waals surface area contributed by atoms with Crippen molar-refractivity contribution >= 4 is 17.5 Å². The lowest BCUT2D eigenvalue weighted by atomic mass is 9.88. The van der Waals surface area contributed by atoms with E-state index in [0.29, 0.717) is 13.0 Å². The second kappa shape index (κ2) is 9.32. The molecule has 142 valence electrons. The summed E-state index contributed by atoms with van der Waals surface area (Å²) in [7, 11) is 0. The van der Waals surface area contributed by atoms with Crippen molar-refractivity contribution in [2.24, 2.45) is 0 Å². The second-order valence-corrected chi connectivity index (χ2v) is 6.29. The van der Waals surface area contributed by atoms with Gasteiger partial charge in [-0.15, -0.1) is 0 Å². The number of rotatable bonds is 6. The van der Waals surface area contributed by atoms with Gasteiger partial charge in [-0.3, -0.25) is 14.4 Å². The molecular formula is C22H21N3O3. The van der Waals surface area contributed by atoms with Crippen LogP contribution in [0.3, 0.4) is 0 Å². The van der Waals surface area contributed by atoms with E-state index in [1.165, 1.54) is 18.5 Å². The van der Waals surface area contributed by atoms with Gasteiger partial charge in [0.2, 0.25) is 5.43 Å². The zero-order chi connectivity index (χ0) is 19.8. The van der Waals surface area contributed by atoms with Gasteiger partial charge in [-0.05, 0) is 17.5 Å². The van der Waals surface area contributed by atoms with E-state index in [4.69, 9.17) is 0 Å². The Balaban J connectivity index is 1.61. The van der Waals surface area contributed by atoms with Gasteiger partial charge in [0.25, 0.3) is 0 Å². The Morgan fingerprint density at radius 1 is 0.857 bits per heavy atom. The molecule has 0 spiro atoms. The molecule has 0 bridgehead atoms. The highest BCUT2D eigenvalue weighted by Gasteiger charge is 2.17. The summed E-state index contributed by atoms with van der Waals surface area (Å²) in [6, 6.07) is 21.3. The number of hydrogen-bond acceptors (Lipinski definition) is 3. The van der Waals surface area contributed by atoms with Gasteiger partial charge in [-0.1, -0.05) is 60.7 Å². The molecule has 0 radical (unpaired) electrons. The summed E-state index contributed by atoms with van der Waals surface area (Å²) in [5.41, 5.74) is 1.95. The first-order valence-electron chi connectivity index (χ1n) is 9.01. The lowest BCUT2D eigenvalue weighted by Gasteiger charge is -2.18. The molecule has 6 nitrogen and oxygen atoms in total. The van der Waals surface area contributed by atoms with Crippen LogP contribution in [0.5, 0.6) is 0 Å². The third kappa shape index (κ3) is 4.94. The van der Waals surface area contributed by atoms with Crippen LogP contribution in [0.15, 0.2) is 83.9 Å². The first-order chi connectivity index (χ1) is 13.6. The maximum Gasteiger partial charge on any atom is 0.313 e. The Labute approximate surface area is 162 Å². The normalized spacial score (nSPS) is 10.5. The summed E-state index contributed by atoms with van der Waals surface area (Å²) in [4.78, 5) is 38.4. The number of nitrogens with one attached hydrogen (secondary N) is 3. The number of anilines is 1.